The van der Waals surface area contributed by atoms with Gasteiger partial charge in [0.1, 0.15) is 5.82 Å². The number of aromatic nitrogens is 2. The fourth-order valence-electron chi connectivity index (χ4n) is 8.74. The molecular formula is C45H58F6N4O4. The first-order valence-electron chi connectivity index (χ1n) is 20.7. The Morgan fingerprint density at radius 3 is 2.08 bits per heavy atom. The summed E-state index contributed by atoms with van der Waals surface area (Å²) in [4.78, 5) is 29.3. The minimum absolute atomic E-state index is 0.0305. The topological polar surface area (TPSA) is 98.8 Å². The Morgan fingerprint density at radius 2 is 1.58 bits per heavy atom. The number of carboxylic acid groups (broad SMARTS) is 1. The van der Waals surface area contributed by atoms with Crippen LogP contribution < -0.4 is 0 Å². The number of ether oxygens (including phenoxy) is 1. The van der Waals surface area contributed by atoms with Crippen LogP contribution in [0.1, 0.15) is 122 Å². The van der Waals surface area contributed by atoms with Crippen molar-refractivity contribution in [3.8, 4) is 0 Å². The second kappa shape index (κ2) is 18.9. The fourth-order valence-corrected chi connectivity index (χ4v) is 8.74. The molecule has 2 aliphatic heterocycles. The number of nitrogens with one attached hydrogen (secondary N) is 1. The number of aryl methyl sites for hydroxylation is 1. The van der Waals surface area contributed by atoms with Gasteiger partial charge in [0, 0.05) is 56.3 Å². The van der Waals surface area contributed by atoms with Crippen LogP contribution in [0.3, 0.4) is 0 Å². The highest BCUT2D eigenvalue weighted by molar-refractivity contribution is 5.94. The Labute approximate surface area is 343 Å². The van der Waals surface area contributed by atoms with E-state index in [9.17, 15) is 41.0 Å². The highest BCUT2D eigenvalue weighted by atomic mass is 19.4. The van der Waals surface area contributed by atoms with E-state index in [1.165, 1.54) is 42.9 Å². The highest BCUT2D eigenvalue weighted by Gasteiger charge is 2.65. The molecule has 59 heavy (non-hydrogen) atoms. The zero-order valence-electron chi connectivity index (χ0n) is 34.5. The average molecular weight is 833 g/mol. The zero-order chi connectivity index (χ0) is 43.2. The van der Waals surface area contributed by atoms with E-state index in [1.807, 2.05) is 11.8 Å². The number of hydrogen-bond donors (Lipinski definition) is 2. The molecule has 2 aromatic carbocycles. The number of rotatable bonds is 12. The van der Waals surface area contributed by atoms with Crippen LogP contribution in [-0.2, 0) is 17.8 Å². The third-order valence-corrected chi connectivity index (χ3v) is 12.8. The molecule has 14 heteroatoms. The van der Waals surface area contributed by atoms with E-state index < -0.39 is 34.8 Å². The largest absolute Gasteiger partial charge is 0.478 e. The van der Waals surface area contributed by atoms with Crippen molar-refractivity contribution in [1.82, 2.24) is 20.0 Å². The van der Waals surface area contributed by atoms with E-state index in [4.69, 9.17) is 4.74 Å². The zero-order valence-corrected chi connectivity index (χ0v) is 34.5. The Kier molecular flexibility index (Phi) is 14.7. The summed E-state index contributed by atoms with van der Waals surface area (Å²) in [5.74, 6) is -6.21. The van der Waals surface area contributed by atoms with Crippen molar-refractivity contribution in [1.29, 1.82) is 0 Å². The van der Waals surface area contributed by atoms with Crippen LogP contribution in [0.25, 0.3) is 0 Å². The summed E-state index contributed by atoms with van der Waals surface area (Å²) in [7, 11) is 0. The summed E-state index contributed by atoms with van der Waals surface area (Å²) >= 11 is 0. The Morgan fingerprint density at radius 1 is 0.949 bits per heavy atom. The normalized spacial score (nSPS) is 21.8. The Hall–Kier alpha value is -4.33. The minimum Gasteiger partial charge on any atom is -0.478 e. The van der Waals surface area contributed by atoms with Gasteiger partial charge in [0.05, 0.1) is 41.9 Å². The molecule has 2 N–H and O–H groups in total. The van der Waals surface area contributed by atoms with Gasteiger partial charge in [-0.15, -0.1) is 0 Å². The summed E-state index contributed by atoms with van der Waals surface area (Å²) in [6, 6.07) is 11.6. The van der Waals surface area contributed by atoms with Crippen LogP contribution in [0.2, 0.25) is 0 Å². The van der Waals surface area contributed by atoms with Gasteiger partial charge in [0.25, 0.3) is 11.8 Å². The summed E-state index contributed by atoms with van der Waals surface area (Å²) in [6.07, 6.45) is 3.53. The van der Waals surface area contributed by atoms with Crippen LogP contribution in [0.4, 0.5) is 26.3 Å². The number of amides is 1. The van der Waals surface area contributed by atoms with Gasteiger partial charge in [-0.2, -0.15) is 18.3 Å². The van der Waals surface area contributed by atoms with Gasteiger partial charge in [0.15, 0.2) is 0 Å². The standard InChI is InChI=1S/C33H39F5N4O4.C8H9F.C4H10/c1-20(32(10-11-32)30(2,34)35)42-18-31(19-42)17-41(28(43)23-12-39-40-13-23)14-25(31)16-46-15-22-4-3-5-26(27(22)29(44)45)21-6-8-24(9-7-21)33(36,37)38;1-2-7-3-5-8(9)6-4-7;1-3-4-2/h3-5,12-13,21,24-25H,1,6-11,14-19H2,2H3,(H,39,40)(H,44,45);3-6H,2H2,1H3;3-4H2,1-2H3. The number of unbranched alkanes of at least 4 members (excludes halogenated alkanes) is 1. The van der Waals surface area contributed by atoms with Crippen molar-refractivity contribution >= 4 is 11.9 Å². The number of allylic oxidation sites excluding steroid dienone is 1. The SMILES string of the molecule is C=C(N1CC2(C1)CN(C(=O)c1cn[nH]c1)CC2COCc1cccc(C2CCC(C(F)(F)F)CC2)c1C(=O)O)C1(C(C)(F)F)CC1.CCCC.CCc1ccc(F)cc1. The van der Waals surface area contributed by atoms with Crippen molar-refractivity contribution < 1.29 is 45.8 Å². The molecule has 3 aromatic rings. The van der Waals surface area contributed by atoms with Crippen molar-refractivity contribution in [2.75, 3.05) is 32.8 Å². The maximum absolute atomic E-state index is 14.5. The number of H-pyrrole nitrogens is 1. The van der Waals surface area contributed by atoms with E-state index in [0.29, 0.717) is 61.4 Å². The first-order chi connectivity index (χ1) is 27.9. The number of aromatic amines is 1. The lowest BCUT2D eigenvalue weighted by atomic mass is 9.70. The summed E-state index contributed by atoms with van der Waals surface area (Å²) in [5, 5.41) is 16.7. The molecule has 7 rings (SSSR count). The van der Waals surface area contributed by atoms with Crippen molar-refractivity contribution in [3.05, 3.63) is 101 Å². The van der Waals surface area contributed by atoms with Gasteiger partial charge < -0.3 is 19.6 Å². The molecule has 324 valence electrons. The molecule has 0 bridgehead atoms. The number of nitrogens with zero attached hydrogens (tertiary/aromatic N) is 3. The van der Waals surface area contributed by atoms with Gasteiger partial charge >= 0.3 is 12.1 Å². The van der Waals surface area contributed by atoms with Crippen LogP contribution >= 0.6 is 0 Å². The number of carboxylic acids is 1. The predicted octanol–water partition coefficient (Wildman–Crippen LogP) is 10.7. The molecule has 2 saturated carbocycles. The van der Waals surface area contributed by atoms with Crippen LogP contribution in [-0.4, -0.2) is 81.9 Å². The number of aromatic carboxylic acids is 1. The lowest BCUT2D eigenvalue weighted by molar-refractivity contribution is -0.182. The Bertz CT molecular complexity index is 1860. The Balaban J connectivity index is 0.000000437. The molecule has 1 spiro atoms. The number of halogens is 6. The maximum atomic E-state index is 14.5. The second-order valence-corrected chi connectivity index (χ2v) is 16.8. The number of alkyl halides is 5. The van der Waals surface area contributed by atoms with Crippen molar-refractivity contribution in [2.24, 2.45) is 22.7 Å². The highest BCUT2D eigenvalue weighted by Crippen LogP contribution is 2.63. The summed E-state index contributed by atoms with van der Waals surface area (Å²) in [5.41, 5.74) is 1.40. The van der Waals surface area contributed by atoms with Crippen LogP contribution in [0.15, 0.2) is 67.1 Å². The molecule has 4 fully saturated rings. The van der Waals surface area contributed by atoms with E-state index in [1.54, 1.807) is 35.2 Å². The molecule has 1 atom stereocenters. The van der Waals surface area contributed by atoms with Gasteiger partial charge in [0.2, 0.25) is 0 Å². The number of carbonyl (C=O) groups excluding carboxylic acids is 1. The number of likely N-dealkylation sites (tertiary alicyclic amines) is 2. The number of hydrogen-bond acceptors (Lipinski definition) is 5. The van der Waals surface area contributed by atoms with Crippen molar-refractivity contribution in [3.63, 3.8) is 0 Å². The summed E-state index contributed by atoms with van der Waals surface area (Å²) in [6.45, 7) is 13.2. The first-order valence-corrected chi connectivity index (χ1v) is 20.7. The van der Waals surface area contributed by atoms with E-state index in [-0.39, 0.29) is 68.0 Å². The molecule has 2 saturated heterocycles. The number of carbonyl (C=O) groups is 2. The van der Waals surface area contributed by atoms with Crippen LogP contribution in [0.5, 0.6) is 0 Å². The van der Waals surface area contributed by atoms with E-state index in [0.717, 1.165) is 13.3 Å². The van der Waals surface area contributed by atoms with Gasteiger partial charge in [-0.3, -0.25) is 9.89 Å². The molecule has 2 aliphatic carbocycles. The number of benzene rings is 2. The molecule has 1 amide bonds. The monoisotopic (exact) mass is 832 g/mol. The summed E-state index contributed by atoms with van der Waals surface area (Å²) < 4.78 is 87.0. The van der Waals surface area contributed by atoms with E-state index in [2.05, 4.69) is 30.6 Å². The van der Waals surface area contributed by atoms with E-state index >= 15 is 0 Å². The fraction of sp³-hybridized carbons (Fsp3) is 0.578. The lowest BCUT2D eigenvalue weighted by Gasteiger charge is -2.54. The van der Waals surface area contributed by atoms with Crippen molar-refractivity contribution in [2.45, 2.75) is 110 Å². The third-order valence-electron chi connectivity index (χ3n) is 12.8. The second-order valence-electron chi connectivity index (χ2n) is 16.8. The molecule has 8 nitrogen and oxygen atoms in total. The maximum Gasteiger partial charge on any atom is 0.391 e. The third kappa shape index (κ3) is 10.5. The molecule has 0 radical (unpaired) electrons. The minimum atomic E-state index is -4.25. The molecule has 3 heterocycles. The van der Waals surface area contributed by atoms with Crippen LogP contribution in [0, 0.1) is 28.5 Å². The van der Waals surface area contributed by atoms with Gasteiger partial charge in [-0.1, -0.05) is 70.5 Å². The van der Waals surface area contributed by atoms with Gasteiger partial charge in [-0.05, 0) is 79.7 Å². The lowest BCUT2D eigenvalue weighted by Crippen LogP contribution is -2.61. The molecule has 1 aromatic heterocycles. The quantitative estimate of drug-likeness (QED) is 0.176. The average Bonchev–Trinajstić information content (AvgIpc) is 3.68. The molecule has 1 unspecified atom stereocenters. The smallest absolute Gasteiger partial charge is 0.391 e. The molecular weight excluding hydrogens is 775 g/mol. The van der Waals surface area contributed by atoms with Gasteiger partial charge in [-0.25, -0.2) is 18.0 Å². The molecule has 4 aliphatic rings. The first kappa shape index (κ1) is 45.7. The predicted molar refractivity (Wildman–Crippen MR) is 214 cm³/mol.